The van der Waals surface area contributed by atoms with Gasteiger partial charge in [-0.25, -0.2) is 8.42 Å². The molecule has 0 bridgehead atoms. The molecule has 4 rings (SSSR count). The monoisotopic (exact) mass is 375 g/mol. The lowest BCUT2D eigenvalue weighted by molar-refractivity contribution is 0.593. The van der Waals surface area contributed by atoms with Crippen molar-refractivity contribution in [3.63, 3.8) is 0 Å². The van der Waals surface area contributed by atoms with Gasteiger partial charge < -0.3 is 0 Å². The fourth-order valence-electron chi connectivity index (χ4n) is 3.30. The Morgan fingerprint density at radius 2 is 1.37 bits per heavy atom. The Morgan fingerprint density at radius 1 is 0.778 bits per heavy atom. The molecule has 0 saturated carbocycles. The van der Waals surface area contributed by atoms with Crippen LogP contribution in [-0.4, -0.2) is 15.0 Å². The molecule has 1 heterocycles. The molecule has 0 spiro atoms. The summed E-state index contributed by atoms with van der Waals surface area (Å²) in [5.74, 6) is 0. The largest absolute Gasteiger partial charge is 0.264 e. The number of hydrogen-bond donors (Lipinski definition) is 0. The first-order valence-electron chi connectivity index (χ1n) is 8.91. The maximum absolute atomic E-state index is 13.4. The van der Waals surface area contributed by atoms with Crippen LogP contribution in [0.5, 0.6) is 0 Å². The van der Waals surface area contributed by atoms with Crippen LogP contribution in [0.4, 0.5) is 5.69 Å². The van der Waals surface area contributed by atoms with Crippen LogP contribution in [0, 0.1) is 13.8 Å². The Hall–Kier alpha value is -2.85. The molecule has 0 radical (unpaired) electrons. The van der Waals surface area contributed by atoms with Gasteiger partial charge in [0.25, 0.3) is 10.0 Å². The molecule has 3 nitrogen and oxygen atoms in total. The molecule has 0 saturated heterocycles. The fraction of sp³-hybridized carbons (Fsp3) is 0.130. The normalized spacial score (nSPS) is 13.9. The van der Waals surface area contributed by atoms with Crippen LogP contribution in [0.1, 0.15) is 22.3 Å². The molecular formula is C23H21NO2S. The number of para-hydroxylation sites is 1. The van der Waals surface area contributed by atoms with Crippen molar-refractivity contribution in [2.75, 3.05) is 10.8 Å². The minimum atomic E-state index is -3.65. The zero-order valence-corrected chi connectivity index (χ0v) is 16.2. The maximum Gasteiger partial charge on any atom is 0.264 e. The van der Waals surface area contributed by atoms with Crippen molar-refractivity contribution in [2.45, 2.75) is 18.7 Å². The minimum Gasteiger partial charge on any atom is -0.261 e. The lowest BCUT2D eigenvalue weighted by Crippen LogP contribution is -2.34. The van der Waals surface area contributed by atoms with Crippen LogP contribution < -0.4 is 4.31 Å². The van der Waals surface area contributed by atoms with Gasteiger partial charge in [0.1, 0.15) is 0 Å². The predicted molar refractivity (Wildman–Crippen MR) is 111 cm³/mol. The Morgan fingerprint density at radius 3 is 2.04 bits per heavy atom. The van der Waals surface area contributed by atoms with Gasteiger partial charge in [-0.1, -0.05) is 65.7 Å². The first-order chi connectivity index (χ1) is 12.9. The number of benzene rings is 3. The quantitative estimate of drug-likeness (QED) is 0.642. The third-order valence-corrected chi connectivity index (χ3v) is 6.65. The zero-order chi connectivity index (χ0) is 19.0. The summed E-state index contributed by atoms with van der Waals surface area (Å²) in [5.41, 5.74) is 5.88. The second kappa shape index (κ2) is 6.71. The van der Waals surface area contributed by atoms with Crippen molar-refractivity contribution < 1.29 is 8.42 Å². The third-order valence-electron chi connectivity index (χ3n) is 4.88. The van der Waals surface area contributed by atoms with Crippen LogP contribution >= 0.6 is 0 Å². The molecule has 3 aromatic carbocycles. The van der Waals surface area contributed by atoms with E-state index >= 15 is 0 Å². The summed E-state index contributed by atoms with van der Waals surface area (Å²) in [7, 11) is -3.65. The van der Waals surface area contributed by atoms with E-state index in [-0.39, 0.29) is 0 Å². The number of rotatable bonds is 3. The summed E-state index contributed by atoms with van der Waals surface area (Å²) < 4.78 is 28.3. The van der Waals surface area contributed by atoms with Gasteiger partial charge in [0.15, 0.2) is 0 Å². The van der Waals surface area contributed by atoms with Crippen LogP contribution in [0.25, 0.3) is 11.6 Å². The molecule has 1 aliphatic rings. The smallest absolute Gasteiger partial charge is 0.261 e. The molecule has 4 heteroatoms. The van der Waals surface area contributed by atoms with Crippen molar-refractivity contribution in [2.24, 2.45) is 0 Å². The first kappa shape index (κ1) is 17.6. The SMILES string of the molecule is Cc1ccc(C2=Cc3ccccc3N(S(=O)(=O)c3ccc(C)cc3)C2)cc1. The van der Waals surface area contributed by atoms with Gasteiger partial charge >= 0.3 is 0 Å². The van der Waals surface area contributed by atoms with Gasteiger partial charge in [-0.15, -0.1) is 0 Å². The number of anilines is 1. The summed E-state index contributed by atoms with van der Waals surface area (Å²) >= 11 is 0. The lowest BCUT2D eigenvalue weighted by atomic mass is 9.98. The minimum absolute atomic E-state index is 0.313. The molecular weight excluding hydrogens is 354 g/mol. The molecule has 0 aliphatic carbocycles. The highest BCUT2D eigenvalue weighted by molar-refractivity contribution is 7.92. The van der Waals surface area contributed by atoms with Crippen LogP contribution in [0.15, 0.2) is 77.7 Å². The van der Waals surface area contributed by atoms with E-state index in [1.807, 2.05) is 62.4 Å². The number of hydrogen-bond acceptors (Lipinski definition) is 2. The first-order valence-corrected chi connectivity index (χ1v) is 10.4. The molecule has 0 amide bonds. The van der Waals surface area contributed by atoms with Crippen molar-refractivity contribution >= 4 is 27.4 Å². The predicted octanol–water partition coefficient (Wildman–Crippen LogP) is 5.05. The molecule has 0 unspecified atom stereocenters. The van der Waals surface area contributed by atoms with Crippen LogP contribution in [0.2, 0.25) is 0 Å². The fourth-order valence-corrected chi connectivity index (χ4v) is 4.77. The van der Waals surface area contributed by atoms with E-state index in [1.165, 1.54) is 9.87 Å². The van der Waals surface area contributed by atoms with E-state index in [1.54, 1.807) is 12.1 Å². The molecule has 0 aromatic heterocycles. The Bertz CT molecular complexity index is 1110. The van der Waals surface area contributed by atoms with E-state index in [2.05, 4.69) is 18.2 Å². The standard InChI is InChI=1S/C23H21NO2S/c1-17-7-11-19(12-8-17)21-15-20-5-3-4-6-23(20)24(16-21)27(25,26)22-13-9-18(2)10-14-22/h3-15H,16H2,1-2H3. The van der Waals surface area contributed by atoms with Crippen molar-refractivity contribution in [3.05, 3.63) is 95.1 Å². The van der Waals surface area contributed by atoms with Gasteiger partial charge in [0, 0.05) is 0 Å². The molecule has 3 aromatic rings. The highest BCUT2D eigenvalue weighted by Gasteiger charge is 2.30. The number of sulfonamides is 1. The maximum atomic E-state index is 13.4. The third kappa shape index (κ3) is 3.28. The van der Waals surface area contributed by atoms with E-state index < -0.39 is 10.0 Å². The Labute approximate surface area is 160 Å². The summed E-state index contributed by atoms with van der Waals surface area (Å²) in [6, 6.07) is 22.9. The Balaban J connectivity index is 1.82. The lowest BCUT2D eigenvalue weighted by Gasteiger charge is -2.31. The second-order valence-electron chi connectivity index (χ2n) is 6.92. The van der Waals surface area contributed by atoms with E-state index in [9.17, 15) is 8.42 Å². The van der Waals surface area contributed by atoms with Gasteiger partial charge in [-0.2, -0.15) is 0 Å². The molecule has 1 aliphatic heterocycles. The summed E-state index contributed by atoms with van der Waals surface area (Å²) in [6.07, 6.45) is 2.08. The summed E-state index contributed by atoms with van der Waals surface area (Å²) in [4.78, 5) is 0.313. The van der Waals surface area contributed by atoms with Gasteiger partial charge in [-0.3, -0.25) is 4.31 Å². The van der Waals surface area contributed by atoms with E-state index in [4.69, 9.17) is 0 Å². The number of aryl methyl sites for hydroxylation is 2. The number of fused-ring (bicyclic) bond motifs is 1. The van der Waals surface area contributed by atoms with Crippen molar-refractivity contribution in [1.29, 1.82) is 0 Å². The van der Waals surface area contributed by atoms with E-state index in [0.29, 0.717) is 17.1 Å². The van der Waals surface area contributed by atoms with E-state index in [0.717, 1.165) is 22.3 Å². The van der Waals surface area contributed by atoms with Gasteiger partial charge in [0.05, 0.1) is 17.1 Å². The average Bonchev–Trinajstić information content (AvgIpc) is 2.68. The molecule has 0 atom stereocenters. The molecule has 27 heavy (non-hydrogen) atoms. The van der Waals surface area contributed by atoms with Crippen LogP contribution in [-0.2, 0) is 10.0 Å². The molecule has 0 N–H and O–H groups in total. The molecule has 136 valence electrons. The highest BCUT2D eigenvalue weighted by Crippen LogP contribution is 2.36. The Kier molecular flexibility index (Phi) is 4.36. The van der Waals surface area contributed by atoms with Crippen molar-refractivity contribution in [3.8, 4) is 0 Å². The van der Waals surface area contributed by atoms with Gasteiger partial charge in [-0.05, 0) is 54.8 Å². The van der Waals surface area contributed by atoms with Gasteiger partial charge in [0.2, 0.25) is 0 Å². The highest BCUT2D eigenvalue weighted by atomic mass is 32.2. The van der Waals surface area contributed by atoms with Crippen LogP contribution in [0.3, 0.4) is 0 Å². The average molecular weight is 375 g/mol. The van der Waals surface area contributed by atoms with Crippen molar-refractivity contribution in [1.82, 2.24) is 0 Å². The second-order valence-corrected chi connectivity index (χ2v) is 8.78. The number of nitrogens with zero attached hydrogens (tertiary/aromatic N) is 1. The summed E-state index contributed by atoms with van der Waals surface area (Å²) in [5, 5.41) is 0. The topological polar surface area (TPSA) is 37.4 Å². The summed E-state index contributed by atoms with van der Waals surface area (Å²) in [6.45, 7) is 4.31. The molecule has 0 fully saturated rings. The zero-order valence-electron chi connectivity index (χ0n) is 15.4.